The molecule has 0 bridgehead atoms. The van der Waals surface area contributed by atoms with Crippen LogP contribution >= 0.6 is 0 Å². The normalized spacial score (nSPS) is 17.0. The molecule has 1 aromatic heterocycles. The first-order valence-electron chi connectivity index (χ1n) is 6.06. The summed E-state index contributed by atoms with van der Waals surface area (Å²) in [4.78, 5) is 11.1. The average molecular weight is 238 g/mol. The first-order chi connectivity index (χ1) is 8.20. The van der Waals surface area contributed by atoms with Gasteiger partial charge in [-0.1, -0.05) is 19.3 Å². The number of hydrogen-bond acceptors (Lipinski definition) is 3. The molecule has 0 unspecified atom stereocenters. The summed E-state index contributed by atoms with van der Waals surface area (Å²) in [7, 11) is 1.50. The number of methoxy groups -OCH3 is 1. The largest absolute Gasteiger partial charge is 0.480 e. The van der Waals surface area contributed by atoms with Crippen molar-refractivity contribution in [1.29, 1.82) is 0 Å². The fourth-order valence-electron chi connectivity index (χ4n) is 2.42. The Kier molecular flexibility index (Phi) is 3.66. The van der Waals surface area contributed by atoms with Crippen molar-refractivity contribution in [3.8, 4) is 5.88 Å². The molecule has 1 aliphatic rings. The van der Waals surface area contributed by atoms with E-state index in [1.807, 2.05) is 0 Å². The zero-order valence-corrected chi connectivity index (χ0v) is 10.1. The van der Waals surface area contributed by atoms with E-state index < -0.39 is 5.97 Å². The number of rotatable bonds is 4. The van der Waals surface area contributed by atoms with Gasteiger partial charge in [0, 0.05) is 12.6 Å². The number of nitrogens with zero attached hydrogens (tertiary/aromatic N) is 2. The van der Waals surface area contributed by atoms with Gasteiger partial charge in [0.25, 0.3) is 0 Å². The van der Waals surface area contributed by atoms with Crippen molar-refractivity contribution in [2.75, 3.05) is 7.11 Å². The summed E-state index contributed by atoms with van der Waals surface area (Å²) in [6, 6.07) is 1.48. The minimum absolute atomic E-state index is 0.215. The number of carboxylic acid groups (broad SMARTS) is 1. The van der Waals surface area contributed by atoms with Crippen LogP contribution in [0.2, 0.25) is 0 Å². The van der Waals surface area contributed by atoms with E-state index in [0.717, 1.165) is 0 Å². The molecule has 2 rings (SSSR count). The quantitative estimate of drug-likeness (QED) is 0.873. The van der Waals surface area contributed by atoms with Gasteiger partial charge >= 0.3 is 5.97 Å². The predicted molar refractivity (Wildman–Crippen MR) is 62.3 cm³/mol. The van der Waals surface area contributed by atoms with Crippen molar-refractivity contribution >= 4 is 5.97 Å². The summed E-state index contributed by atoms with van der Waals surface area (Å²) in [6.45, 7) is 0.686. The summed E-state index contributed by atoms with van der Waals surface area (Å²) in [5.41, 5.74) is 0.215. The molecule has 1 aromatic rings. The van der Waals surface area contributed by atoms with Gasteiger partial charge in [-0.2, -0.15) is 0 Å². The number of aromatic nitrogens is 2. The maximum absolute atomic E-state index is 11.1. The molecule has 0 saturated heterocycles. The monoisotopic (exact) mass is 238 g/mol. The van der Waals surface area contributed by atoms with Crippen molar-refractivity contribution < 1.29 is 14.6 Å². The van der Waals surface area contributed by atoms with Crippen molar-refractivity contribution in [2.24, 2.45) is 5.92 Å². The molecule has 5 heteroatoms. The lowest BCUT2D eigenvalue weighted by Gasteiger charge is -2.21. The van der Waals surface area contributed by atoms with Crippen molar-refractivity contribution in [2.45, 2.75) is 38.6 Å². The Labute approximate surface area is 100 Å². The Hall–Kier alpha value is -1.52. The molecular weight excluding hydrogens is 220 g/mol. The third-order valence-electron chi connectivity index (χ3n) is 3.34. The van der Waals surface area contributed by atoms with Crippen LogP contribution in [0.15, 0.2) is 6.07 Å². The van der Waals surface area contributed by atoms with E-state index in [1.165, 1.54) is 45.3 Å². The van der Waals surface area contributed by atoms with E-state index >= 15 is 0 Å². The zero-order valence-electron chi connectivity index (χ0n) is 10.1. The lowest BCUT2D eigenvalue weighted by atomic mass is 9.89. The molecule has 5 nitrogen and oxygen atoms in total. The van der Waals surface area contributed by atoms with Gasteiger partial charge < -0.3 is 9.84 Å². The van der Waals surface area contributed by atoms with E-state index in [1.54, 1.807) is 4.68 Å². The molecule has 1 fully saturated rings. The SMILES string of the molecule is COc1cc(C(=O)O)n(CC2CCCCC2)n1. The van der Waals surface area contributed by atoms with Gasteiger partial charge in [0.15, 0.2) is 0 Å². The first kappa shape index (κ1) is 12.0. The van der Waals surface area contributed by atoms with E-state index in [0.29, 0.717) is 18.3 Å². The van der Waals surface area contributed by atoms with Gasteiger partial charge in [-0.25, -0.2) is 4.79 Å². The van der Waals surface area contributed by atoms with Gasteiger partial charge in [-0.05, 0) is 18.8 Å². The van der Waals surface area contributed by atoms with Gasteiger partial charge in [-0.3, -0.25) is 4.68 Å². The lowest BCUT2D eigenvalue weighted by molar-refractivity contribution is 0.0681. The van der Waals surface area contributed by atoms with Crippen molar-refractivity contribution in [3.63, 3.8) is 0 Å². The zero-order chi connectivity index (χ0) is 12.3. The Morgan fingerprint density at radius 2 is 2.24 bits per heavy atom. The van der Waals surface area contributed by atoms with Gasteiger partial charge in [0.1, 0.15) is 5.69 Å². The van der Waals surface area contributed by atoms with Gasteiger partial charge in [-0.15, -0.1) is 5.10 Å². The van der Waals surface area contributed by atoms with E-state index in [4.69, 9.17) is 9.84 Å². The number of carboxylic acids is 1. The number of ether oxygens (including phenoxy) is 1. The van der Waals surface area contributed by atoms with Crippen LogP contribution in [0.5, 0.6) is 5.88 Å². The lowest BCUT2D eigenvalue weighted by Crippen LogP contribution is -2.18. The second-order valence-corrected chi connectivity index (χ2v) is 4.56. The number of hydrogen-bond donors (Lipinski definition) is 1. The van der Waals surface area contributed by atoms with Crippen molar-refractivity contribution in [3.05, 3.63) is 11.8 Å². The van der Waals surface area contributed by atoms with Crippen molar-refractivity contribution in [1.82, 2.24) is 9.78 Å². The Morgan fingerprint density at radius 3 is 2.82 bits per heavy atom. The summed E-state index contributed by atoms with van der Waals surface area (Å²) < 4.78 is 6.55. The molecule has 0 aliphatic heterocycles. The highest BCUT2D eigenvalue weighted by Crippen LogP contribution is 2.26. The third-order valence-corrected chi connectivity index (χ3v) is 3.34. The summed E-state index contributed by atoms with van der Waals surface area (Å²) >= 11 is 0. The maximum Gasteiger partial charge on any atom is 0.354 e. The minimum atomic E-state index is -0.948. The molecule has 94 valence electrons. The summed E-state index contributed by atoms with van der Waals surface area (Å²) in [5.74, 6) is -0.0266. The van der Waals surface area contributed by atoms with Crippen LogP contribution < -0.4 is 4.74 Å². The maximum atomic E-state index is 11.1. The standard InChI is InChI=1S/C12H18N2O3/c1-17-11-7-10(12(15)16)14(13-11)8-9-5-3-2-4-6-9/h7,9H,2-6,8H2,1H3,(H,15,16). The highest BCUT2D eigenvalue weighted by atomic mass is 16.5. The van der Waals surface area contributed by atoms with Crippen LogP contribution in [0.3, 0.4) is 0 Å². The average Bonchev–Trinajstić information content (AvgIpc) is 2.74. The van der Waals surface area contributed by atoms with Crippen LogP contribution in [0.25, 0.3) is 0 Å². The molecule has 1 aliphatic carbocycles. The molecule has 1 saturated carbocycles. The molecule has 0 spiro atoms. The fraction of sp³-hybridized carbons (Fsp3) is 0.667. The highest BCUT2D eigenvalue weighted by molar-refractivity contribution is 5.86. The second-order valence-electron chi connectivity index (χ2n) is 4.56. The van der Waals surface area contributed by atoms with Crippen LogP contribution in [0.1, 0.15) is 42.6 Å². The smallest absolute Gasteiger partial charge is 0.354 e. The molecular formula is C12H18N2O3. The molecule has 0 amide bonds. The topological polar surface area (TPSA) is 64.3 Å². The van der Waals surface area contributed by atoms with Crippen LogP contribution in [0, 0.1) is 5.92 Å². The Morgan fingerprint density at radius 1 is 1.53 bits per heavy atom. The summed E-state index contributed by atoms with van der Waals surface area (Å²) in [6.07, 6.45) is 6.12. The van der Waals surface area contributed by atoms with Crippen LogP contribution in [-0.2, 0) is 6.54 Å². The summed E-state index contributed by atoms with van der Waals surface area (Å²) in [5, 5.41) is 13.2. The van der Waals surface area contributed by atoms with Crippen LogP contribution in [-0.4, -0.2) is 28.0 Å². The van der Waals surface area contributed by atoms with E-state index in [9.17, 15) is 4.79 Å². The molecule has 0 radical (unpaired) electrons. The third kappa shape index (κ3) is 2.78. The molecule has 17 heavy (non-hydrogen) atoms. The molecule has 0 aromatic carbocycles. The first-order valence-corrected chi connectivity index (χ1v) is 6.06. The second kappa shape index (κ2) is 5.21. The molecule has 1 heterocycles. The number of aromatic carboxylic acids is 1. The van der Waals surface area contributed by atoms with E-state index in [2.05, 4.69) is 5.10 Å². The Balaban J connectivity index is 2.12. The predicted octanol–water partition coefficient (Wildman–Crippen LogP) is 2.17. The van der Waals surface area contributed by atoms with E-state index in [-0.39, 0.29) is 5.69 Å². The Bertz CT molecular complexity index is 394. The van der Waals surface area contributed by atoms with Gasteiger partial charge in [0.2, 0.25) is 5.88 Å². The van der Waals surface area contributed by atoms with Gasteiger partial charge in [0.05, 0.1) is 7.11 Å². The fourth-order valence-corrected chi connectivity index (χ4v) is 2.42. The molecule has 1 N–H and O–H groups in total. The minimum Gasteiger partial charge on any atom is -0.480 e. The van der Waals surface area contributed by atoms with Crippen LogP contribution in [0.4, 0.5) is 0 Å². The number of carbonyl (C=O) groups is 1. The molecule has 0 atom stereocenters. The highest BCUT2D eigenvalue weighted by Gasteiger charge is 2.19.